The van der Waals surface area contributed by atoms with Crippen molar-refractivity contribution >= 4 is 34.4 Å². The van der Waals surface area contributed by atoms with Crippen molar-refractivity contribution in [2.45, 2.75) is 0 Å². The van der Waals surface area contributed by atoms with Crippen molar-refractivity contribution in [2.24, 2.45) is 0 Å². The zero-order valence-electron chi connectivity index (χ0n) is 9.76. The molecule has 0 aliphatic heterocycles. The highest BCUT2D eigenvalue weighted by Crippen LogP contribution is 2.10. The second-order valence-electron chi connectivity index (χ2n) is 3.71. The van der Waals surface area contributed by atoms with Crippen LogP contribution < -0.4 is 4.84 Å². The Kier molecular flexibility index (Phi) is 3.07. The highest BCUT2D eigenvalue weighted by molar-refractivity contribution is 7.10. The number of nitrogens with zero attached hydrogens (tertiary/aromatic N) is 3. The van der Waals surface area contributed by atoms with Crippen molar-refractivity contribution in [3.63, 3.8) is 0 Å². The third-order valence-electron chi connectivity index (χ3n) is 2.42. The Hall–Kier alpha value is -2.47. The number of benzene rings is 1. The van der Waals surface area contributed by atoms with Gasteiger partial charge in [-0.15, -0.1) is 16.4 Å². The average Bonchev–Trinajstić information content (AvgIpc) is 3.07. The molecule has 0 fully saturated rings. The molecule has 94 valence electrons. The number of carbonyl (C=O) groups is 1. The van der Waals surface area contributed by atoms with Gasteiger partial charge in [-0.05, 0) is 34.9 Å². The molecule has 0 atom stereocenters. The lowest BCUT2D eigenvalue weighted by Crippen LogP contribution is -2.18. The maximum Gasteiger partial charge on any atom is 0.358 e. The van der Waals surface area contributed by atoms with Crippen LogP contribution >= 0.6 is 11.3 Å². The number of hydrogen-bond donors (Lipinski definition) is 0. The molecular weight excluding hydrogens is 262 g/mol. The van der Waals surface area contributed by atoms with Gasteiger partial charge in [-0.2, -0.15) is 0 Å². The minimum atomic E-state index is -0.496. The van der Waals surface area contributed by atoms with Gasteiger partial charge < -0.3 is 4.84 Å². The summed E-state index contributed by atoms with van der Waals surface area (Å²) in [5.41, 5.74) is 1.33. The summed E-state index contributed by atoms with van der Waals surface area (Å²) < 4.78 is 0. The number of aromatic nitrogens is 3. The quantitative estimate of drug-likeness (QED) is 0.541. The molecule has 0 saturated heterocycles. The first kappa shape index (κ1) is 11.6. The van der Waals surface area contributed by atoms with Crippen molar-refractivity contribution in [1.82, 2.24) is 15.2 Å². The van der Waals surface area contributed by atoms with Crippen LogP contribution in [0.25, 0.3) is 17.1 Å². The fourth-order valence-corrected chi connectivity index (χ4v) is 2.18. The van der Waals surface area contributed by atoms with Crippen LogP contribution in [0.3, 0.4) is 0 Å². The van der Waals surface area contributed by atoms with E-state index in [1.165, 1.54) is 6.08 Å². The first-order chi connectivity index (χ1) is 9.33. The summed E-state index contributed by atoms with van der Waals surface area (Å²) in [7, 11) is 0. The SMILES string of the molecule is O=C(/C=C/c1cccs1)On1nnc2ccccc21. The van der Waals surface area contributed by atoms with E-state index < -0.39 is 5.97 Å². The molecule has 0 saturated carbocycles. The Morgan fingerprint density at radius 2 is 2.16 bits per heavy atom. The lowest BCUT2D eigenvalue weighted by molar-refractivity contribution is -0.139. The van der Waals surface area contributed by atoms with Crippen molar-refractivity contribution in [1.29, 1.82) is 0 Å². The van der Waals surface area contributed by atoms with Crippen LogP contribution in [0.15, 0.2) is 47.9 Å². The van der Waals surface area contributed by atoms with Crippen LogP contribution in [0, 0.1) is 0 Å². The lowest BCUT2D eigenvalue weighted by Gasteiger charge is -1.99. The van der Waals surface area contributed by atoms with E-state index in [-0.39, 0.29) is 0 Å². The largest absolute Gasteiger partial charge is 0.358 e. The van der Waals surface area contributed by atoms with Crippen molar-refractivity contribution in [3.05, 3.63) is 52.7 Å². The number of hydrogen-bond acceptors (Lipinski definition) is 5. The zero-order chi connectivity index (χ0) is 13.1. The molecule has 0 bridgehead atoms. The summed E-state index contributed by atoms with van der Waals surface area (Å²) in [6.45, 7) is 0. The molecular formula is C13H9N3O2S. The molecule has 5 nitrogen and oxygen atoms in total. The van der Waals surface area contributed by atoms with Crippen LogP contribution in [0.2, 0.25) is 0 Å². The van der Waals surface area contributed by atoms with Gasteiger partial charge >= 0.3 is 5.97 Å². The summed E-state index contributed by atoms with van der Waals surface area (Å²) in [4.78, 5) is 18.9. The monoisotopic (exact) mass is 271 g/mol. The molecule has 1 aromatic carbocycles. The van der Waals surface area contributed by atoms with Crippen molar-refractivity contribution in [2.75, 3.05) is 0 Å². The van der Waals surface area contributed by atoms with E-state index in [1.54, 1.807) is 29.5 Å². The molecule has 0 unspecified atom stereocenters. The van der Waals surface area contributed by atoms with Crippen LogP contribution in [-0.2, 0) is 4.79 Å². The Morgan fingerprint density at radius 3 is 3.00 bits per heavy atom. The maximum atomic E-state index is 11.7. The molecule has 0 spiro atoms. The van der Waals surface area contributed by atoms with Gasteiger partial charge in [-0.1, -0.05) is 23.0 Å². The van der Waals surface area contributed by atoms with E-state index >= 15 is 0 Å². The fraction of sp³-hybridized carbons (Fsp3) is 0. The zero-order valence-corrected chi connectivity index (χ0v) is 10.6. The average molecular weight is 271 g/mol. The van der Waals surface area contributed by atoms with Gasteiger partial charge in [-0.3, -0.25) is 0 Å². The second-order valence-corrected chi connectivity index (χ2v) is 4.69. The Labute approximate surface area is 112 Å². The summed E-state index contributed by atoms with van der Waals surface area (Å²) >= 11 is 1.55. The van der Waals surface area contributed by atoms with Gasteiger partial charge in [0.2, 0.25) is 0 Å². The van der Waals surface area contributed by atoms with E-state index in [0.717, 1.165) is 9.72 Å². The Balaban J connectivity index is 1.76. The molecule has 3 rings (SSSR count). The van der Waals surface area contributed by atoms with Crippen LogP contribution in [0.5, 0.6) is 0 Å². The summed E-state index contributed by atoms with van der Waals surface area (Å²) in [5.74, 6) is -0.496. The first-order valence-corrected chi connectivity index (χ1v) is 6.45. The molecule has 6 heteroatoms. The molecule has 2 heterocycles. The summed E-state index contributed by atoms with van der Waals surface area (Å²) in [6.07, 6.45) is 3.06. The normalized spacial score (nSPS) is 11.2. The number of para-hydroxylation sites is 1. The van der Waals surface area contributed by atoms with Crippen molar-refractivity contribution < 1.29 is 9.63 Å². The highest BCUT2D eigenvalue weighted by atomic mass is 32.1. The molecule has 0 aliphatic rings. The summed E-state index contributed by atoms with van der Waals surface area (Å²) in [5, 5.41) is 9.61. The molecule has 3 aromatic rings. The molecule has 19 heavy (non-hydrogen) atoms. The standard InChI is InChI=1S/C13H9N3O2S/c17-13(8-7-10-4-3-9-19-10)18-16-12-6-2-1-5-11(12)14-15-16/h1-9H/b8-7+. The van der Waals surface area contributed by atoms with Gasteiger partial charge in [0.1, 0.15) is 11.0 Å². The Bertz CT molecular complexity index is 731. The second kappa shape index (κ2) is 5.03. The number of carbonyl (C=O) groups excluding carboxylic acids is 1. The smallest absolute Gasteiger partial charge is 0.312 e. The van der Waals surface area contributed by atoms with E-state index in [4.69, 9.17) is 4.84 Å². The highest BCUT2D eigenvalue weighted by Gasteiger charge is 2.07. The van der Waals surface area contributed by atoms with Crippen LogP contribution in [-0.4, -0.2) is 21.1 Å². The van der Waals surface area contributed by atoms with Gasteiger partial charge in [0.25, 0.3) is 0 Å². The van der Waals surface area contributed by atoms with Gasteiger partial charge in [0, 0.05) is 11.0 Å². The molecule has 0 radical (unpaired) electrons. The van der Waals surface area contributed by atoms with E-state index in [1.807, 2.05) is 29.6 Å². The van der Waals surface area contributed by atoms with Crippen LogP contribution in [0.1, 0.15) is 4.88 Å². The maximum absolute atomic E-state index is 11.7. The van der Waals surface area contributed by atoms with Crippen molar-refractivity contribution in [3.8, 4) is 0 Å². The van der Waals surface area contributed by atoms with Gasteiger partial charge in [-0.25, -0.2) is 4.79 Å². The van der Waals surface area contributed by atoms with E-state index in [0.29, 0.717) is 11.0 Å². The lowest BCUT2D eigenvalue weighted by atomic mass is 10.3. The van der Waals surface area contributed by atoms with Crippen LogP contribution in [0.4, 0.5) is 0 Å². The van der Waals surface area contributed by atoms with E-state index in [9.17, 15) is 4.79 Å². The molecule has 0 aliphatic carbocycles. The number of rotatable bonds is 3. The third-order valence-corrected chi connectivity index (χ3v) is 3.26. The minimum Gasteiger partial charge on any atom is -0.312 e. The van der Waals surface area contributed by atoms with Gasteiger partial charge in [0.05, 0.1) is 0 Å². The predicted octanol–water partition coefficient (Wildman–Crippen LogP) is 2.16. The molecule has 2 aromatic heterocycles. The topological polar surface area (TPSA) is 57.0 Å². The molecule has 0 amide bonds. The third kappa shape index (κ3) is 2.53. The number of fused-ring (bicyclic) bond motifs is 1. The summed E-state index contributed by atoms with van der Waals surface area (Å²) in [6, 6.07) is 11.1. The van der Waals surface area contributed by atoms with E-state index in [2.05, 4.69) is 10.3 Å². The first-order valence-electron chi connectivity index (χ1n) is 5.57. The fourth-order valence-electron chi connectivity index (χ4n) is 1.57. The number of thiophene rings is 1. The Morgan fingerprint density at radius 1 is 1.26 bits per heavy atom. The molecule has 0 N–H and O–H groups in total. The minimum absolute atomic E-state index is 0.496. The van der Waals surface area contributed by atoms with Gasteiger partial charge in [0.15, 0.2) is 0 Å². The predicted molar refractivity (Wildman–Crippen MR) is 72.5 cm³/mol.